The first-order chi connectivity index (χ1) is 16.8. The number of carbonyl (C=O) groups is 3. The number of ketones is 3. The first-order valence-corrected chi connectivity index (χ1v) is 11.2. The van der Waals surface area contributed by atoms with Gasteiger partial charge in [-0.3, -0.25) is 14.4 Å². The van der Waals surface area contributed by atoms with E-state index in [2.05, 4.69) is 0 Å². The minimum absolute atomic E-state index is 0.0559. The van der Waals surface area contributed by atoms with E-state index in [4.69, 9.17) is 9.31 Å². The average molecular weight is 470 g/mol. The zero-order valence-electron chi connectivity index (χ0n) is 18.6. The summed E-state index contributed by atoms with van der Waals surface area (Å²) in [5, 5.41) is 32.8. The summed E-state index contributed by atoms with van der Waals surface area (Å²) in [6.45, 7) is 1.77. The summed E-state index contributed by atoms with van der Waals surface area (Å²) < 4.78 is 12.3. The standard InChI is InChI=1S/C26H19BO8/c1-2-26-11-15(34-27(35-26)12-7-4-3-5-8-12)17-20(25(26)33)24(32)18-19(23(17)31)22(30)16-13(21(18)29)9-6-10-14(16)28/h3-10,15,28,31-32H,2,11H2,1H3/t15-,26+/m0/s1. The maximum Gasteiger partial charge on any atom is 0.495 e. The summed E-state index contributed by atoms with van der Waals surface area (Å²) in [7, 11) is -0.924. The van der Waals surface area contributed by atoms with Crippen molar-refractivity contribution in [1.29, 1.82) is 0 Å². The molecule has 0 amide bonds. The predicted octanol–water partition coefficient (Wildman–Crippen LogP) is 2.80. The molecule has 6 rings (SSSR count). The minimum atomic E-state index is -1.35. The third-order valence-electron chi connectivity index (χ3n) is 7.19. The maximum absolute atomic E-state index is 13.8. The van der Waals surface area contributed by atoms with Gasteiger partial charge < -0.3 is 24.6 Å². The molecule has 35 heavy (non-hydrogen) atoms. The Hall–Kier alpha value is -3.95. The quantitative estimate of drug-likeness (QED) is 0.301. The smallest absolute Gasteiger partial charge is 0.495 e. The van der Waals surface area contributed by atoms with E-state index < -0.39 is 64.5 Å². The summed E-state index contributed by atoms with van der Waals surface area (Å²) in [6, 6.07) is 13.0. The fraction of sp³-hybridized carbons (Fsp3) is 0.192. The number of hydrogen-bond donors (Lipinski definition) is 3. The molecule has 8 nitrogen and oxygen atoms in total. The van der Waals surface area contributed by atoms with Gasteiger partial charge in [0.15, 0.2) is 11.6 Å². The highest BCUT2D eigenvalue weighted by Crippen LogP contribution is 2.54. The molecule has 0 saturated carbocycles. The van der Waals surface area contributed by atoms with E-state index in [1.54, 1.807) is 31.2 Å². The maximum atomic E-state index is 13.8. The van der Waals surface area contributed by atoms with Crippen molar-refractivity contribution in [1.82, 2.24) is 0 Å². The zero-order chi connectivity index (χ0) is 24.6. The molecule has 3 aromatic carbocycles. The van der Waals surface area contributed by atoms with Crippen LogP contribution >= 0.6 is 0 Å². The van der Waals surface area contributed by atoms with Crippen molar-refractivity contribution >= 4 is 29.9 Å². The monoisotopic (exact) mass is 470 g/mol. The molecule has 1 aliphatic heterocycles. The Balaban J connectivity index is 1.60. The van der Waals surface area contributed by atoms with E-state index in [0.717, 1.165) is 0 Å². The van der Waals surface area contributed by atoms with Crippen molar-refractivity contribution in [2.24, 2.45) is 0 Å². The third-order valence-corrected chi connectivity index (χ3v) is 7.19. The van der Waals surface area contributed by atoms with Crippen LogP contribution in [-0.4, -0.2) is 45.4 Å². The van der Waals surface area contributed by atoms with Crippen LogP contribution in [0.5, 0.6) is 17.2 Å². The number of benzene rings is 3. The average Bonchev–Trinajstić information content (AvgIpc) is 2.87. The van der Waals surface area contributed by atoms with E-state index >= 15 is 0 Å². The molecule has 2 aliphatic carbocycles. The Kier molecular flexibility index (Phi) is 4.49. The van der Waals surface area contributed by atoms with Gasteiger partial charge in [0.2, 0.25) is 5.78 Å². The first kappa shape index (κ1) is 21.6. The molecule has 3 aromatic rings. The fourth-order valence-electron chi connectivity index (χ4n) is 5.42. The molecule has 1 saturated heterocycles. The minimum Gasteiger partial charge on any atom is -0.507 e. The molecule has 2 atom stereocenters. The second-order valence-electron chi connectivity index (χ2n) is 8.96. The Morgan fingerprint density at radius 2 is 1.60 bits per heavy atom. The van der Waals surface area contributed by atoms with Crippen LogP contribution in [0, 0.1) is 0 Å². The molecule has 3 aliphatic rings. The van der Waals surface area contributed by atoms with Crippen molar-refractivity contribution in [3.05, 3.63) is 81.9 Å². The summed E-state index contributed by atoms with van der Waals surface area (Å²) in [4.78, 5) is 40.5. The van der Waals surface area contributed by atoms with Gasteiger partial charge in [-0.15, -0.1) is 0 Å². The van der Waals surface area contributed by atoms with Crippen LogP contribution in [0.3, 0.4) is 0 Å². The van der Waals surface area contributed by atoms with Gasteiger partial charge in [-0.2, -0.15) is 0 Å². The van der Waals surface area contributed by atoms with Crippen LogP contribution in [0.1, 0.15) is 73.6 Å². The normalized spacial score (nSPS) is 22.5. The van der Waals surface area contributed by atoms with Crippen molar-refractivity contribution in [3.63, 3.8) is 0 Å². The van der Waals surface area contributed by atoms with Crippen LogP contribution in [0.25, 0.3) is 0 Å². The Morgan fingerprint density at radius 3 is 2.31 bits per heavy atom. The Bertz CT molecular complexity index is 1460. The zero-order valence-corrected chi connectivity index (χ0v) is 18.6. The molecule has 3 N–H and O–H groups in total. The van der Waals surface area contributed by atoms with E-state index in [1.807, 2.05) is 6.07 Å². The fourth-order valence-corrected chi connectivity index (χ4v) is 5.42. The van der Waals surface area contributed by atoms with Crippen molar-refractivity contribution in [2.45, 2.75) is 31.5 Å². The molecule has 174 valence electrons. The van der Waals surface area contributed by atoms with Crippen molar-refractivity contribution in [2.75, 3.05) is 0 Å². The molecule has 0 unspecified atom stereocenters. The van der Waals surface area contributed by atoms with Gasteiger partial charge in [0.1, 0.15) is 22.8 Å². The van der Waals surface area contributed by atoms with Crippen LogP contribution in [0.4, 0.5) is 0 Å². The van der Waals surface area contributed by atoms with Crippen LogP contribution in [0.15, 0.2) is 48.5 Å². The van der Waals surface area contributed by atoms with Crippen LogP contribution in [-0.2, 0) is 9.31 Å². The van der Waals surface area contributed by atoms with E-state index in [1.165, 1.54) is 18.2 Å². The number of hydrogen-bond acceptors (Lipinski definition) is 8. The van der Waals surface area contributed by atoms with Crippen molar-refractivity contribution in [3.8, 4) is 17.2 Å². The predicted molar refractivity (Wildman–Crippen MR) is 123 cm³/mol. The number of fused-ring (bicyclic) bond motifs is 6. The van der Waals surface area contributed by atoms with Gasteiger partial charge in [-0.1, -0.05) is 49.4 Å². The van der Waals surface area contributed by atoms with Gasteiger partial charge in [-0.25, -0.2) is 0 Å². The molecule has 0 aromatic heterocycles. The number of phenols is 3. The molecular formula is C26H19BO8. The molecular weight excluding hydrogens is 451 g/mol. The summed E-state index contributed by atoms with van der Waals surface area (Å²) in [5.74, 6) is -3.92. The Labute approximate surface area is 199 Å². The van der Waals surface area contributed by atoms with Gasteiger partial charge in [0, 0.05) is 17.5 Å². The number of aromatic hydroxyl groups is 3. The second kappa shape index (κ2) is 7.28. The highest BCUT2D eigenvalue weighted by Gasteiger charge is 2.57. The van der Waals surface area contributed by atoms with Crippen LogP contribution in [0.2, 0.25) is 0 Å². The lowest BCUT2D eigenvalue weighted by atomic mass is 9.66. The topological polar surface area (TPSA) is 130 Å². The molecule has 1 heterocycles. The van der Waals surface area contributed by atoms with E-state index in [0.29, 0.717) is 5.46 Å². The highest BCUT2D eigenvalue weighted by atomic mass is 16.6. The van der Waals surface area contributed by atoms with E-state index in [9.17, 15) is 29.7 Å². The largest absolute Gasteiger partial charge is 0.507 e. The van der Waals surface area contributed by atoms with Gasteiger partial charge >= 0.3 is 7.12 Å². The molecule has 2 bridgehead atoms. The molecule has 1 fully saturated rings. The lowest BCUT2D eigenvalue weighted by Crippen LogP contribution is -2.58. The van der Waals surface area contributed by atoms with Gasteiger partial charge in [0.25, 0.3) is 0 Å². The number of Topliss-reactive ketones (excluding diaryl/α,β-unsaturated/α-hetero) is 1. The summed E-state index contributed by atoms with van der Waals surface area (Å²) >= 11 is 0. The van der Waals surface area contributed by atoms with Crippen LogP contribution < -0.4 is 5.46 Å². The number of phenolic OH excluding ortho intramolecular Hbond substituents is 3. The highest BCUT2D eigenvalue weighted by molar-refractivity contribution is 6.62. The van der Waals surface area contributed by atoms with E-state index in [-0.39, 0.29) is 35.1 Å². The van der Waals surface area contributed by atoms with Gasteiger partial charge in [-0.05, 0) is 17.9 Å². The lowest BCUT2D eigenvalue weighted by molar-refractivity contribution is -0.0458. The molecule has 0 spiro atoms. The Morgan fingerprint density at radius 1 is 0.886 bits per heavy atom. The lowest BCUT2D eigenvalue weighted by Gasteiger charge is -2.47. The van der Waals surface area contributed by atoms with Gasteiger partial charge in [0.05, 0.1) is 28.4 Å². The molecule has 0 radical (unpaired) electrons. The first-order valence-electron chi connectivity index (χ1n) is 11.2. The second-order valence-corrected chi connectivity index (χ2v) is 8.96. The van der Waals surface area contributed by atoms with Crippen molar-refractivity contribution < 1.29 is 39.0 Å². The summed E-state index contributed by atoms with van der Waals surface area (Å²) in [5.41, 5.74) is -2.34. The summed E-state index contributed by atoms with van der Waals surface area (Å²) in [6.07, 6.45) is -0.574. The third kappa shape index (κ3) is 2.73. The SMILES string of the molecule is CC[C@]12C[C@H](OB(c3ccccc3)O1)c1c(O)c3c(c(O)c1C2=O)C(=O)c1cccc(O)c1C3=O. The number of carbonyl (C=O) groups excluding carboxylic acids is 3. The number of rotatable bonds is 2. The molecule has 9 heteroatoms.